The number of benzene rings is 1. The van der Waals surface area contributed by atoms with E-state index in [4.69, 9.17) is 20.4 Å². The van der Waals surface area contributed by atoms with Crippen molar-refractivity contribution in [1.29, 1.82) is 0 Å². The van der Waals surface area contributed by atoms with E-state index < -0.39 is 5.97 Å². The number of aromatic carboxylic acids is 1. The number of aliphatic hydroxyl groups excluding tert-OH is 3. The van der Waals surface area contributed by atoms with E-state index in [0.29, 0.717) is 31.7 Å². The van der Waals surface area contributed by atoms with Crippen molar-refractivity contribution in [1.82, 2.24) is 4.90 Å². The van der Waals surface area contributed by atoms with Crippen LogP contribution in [-0.2, 0) is 6.54 Å². The lowest BCUT2D eigenvalue weighted by Crippen LogP contribution is -3.00. The molecular weight excluding hydrogens is 372 g/mol. The fourth-order valence-electron chi connectivity index (χ4n) is 2.30. The minimum absolute atomic E-state index is 0. The van der Waals surface area contributed by atoms with Gasteiger partial charge in [-0.2, -0.15) is 4.57 Å². The van der Waals surface area contributed by atoms with E-state index in [9.17, 15) is 4.79 Å². The lowest BCUT2D eigenvalue weighted by molar-refractivity contribution is -0.688. The Balaban J connectivity index is 0.000000539. The molecule has 0 saturated carbocycles. The van der Waals surface area contributed by atoms with Crippen molar-refractivity contribution in [2.45, 2.75) is 6.54 Å². The summed E-state index contributed by atoms with van der Waals surface area (Å²) in [5.74, 6) is -0.901. The first-order valence-electron chi connectivity index (χ1n) is 8.42. The molecule has 0 amide bonds. The molecule has 2 aromatic rings. The molecule has 0 fully saturated rings. The van der Waals surface area contributed by atoms with Crippen LogP contribution >= 0.6 is 0 Å². The first-order chi connectivity index (χ1) is 12.6. The van der Waals surface area contributed by atoms with Gasteiger partial charge < -0.3 is 32.8 Å². The zero-order valence-corrected chi connectivity index (χ0v) is 15.9. The number of aliphatic hydroxyl groups is 3. The Labute approximate surface area is 165 Å². The molecule has 7 nitrogen and oxygen atoms in total. The molecular formula is C19H27ClN2O5. The third-order valence-electron chi connectivity index (χ3n) is 3.56. The second-order valence-corrected chi connectivity index (χ2v) is 5.57. The molecule has 4 N–H and O–H groups in total. The molecule has 150 valence electrons. The molecule has 1 aromatic carbocycles. The van der Waals surface area contributed by atoms with Crippen LogP contribution in [0.15, 0.2) is 54.9 Å². The van der Waals surface area contributed by atoms with Crippen molar-refractivity contribution >= 4 is 5.97 Å². The van der Waals surface area contributed by atoms with Crippen molar-refractivity contribution in [2.24, 2.45) is 0 Å². The molecule has 8 heteroatoms. The molecule has 27 heavy (non-hydrogen) atoms. The van der Waals surface area contributed by atoms with E-state index >= 15 is 0 Å². The zero-order chi connectivity index (χ0) is 19.2. The van der Waals surface area contributed by atoms with Crippen LogP contribution in [0.5, 0.6) is 0 Å². The summed E-state index contributed by atoms with van der Waals surface area (Å²) in [5.41, 5.74) is 1.45. The van der Waals surface area contributed by atoms with Crippen LogP contribution in [-0.4, -0.2) is 70.8 Å². The minimum atomic E-state index is -0.901. The van der Waals surface area contributed by atoms with E-state index in [1.807, 2.05) is 41.1 Å². The summed E-state index contributed by atoms with van der Waals surface area (Å²) in [4.78, 5) is 12.6. The van der Waals surface area contributed by atoms with Gasteiger partial charge in [-0.1, -0.05) is 30.3 Å². The molecule has 2 rings (SSSR count). The maximum absolute atomic E-state index is 10.8. The van der Waals surface area contributed by atoms with E-state index in [1.165, 1.54) is 0 Å². The third kappa shape index (κ3) is 10.6. The monoisotopic (exact) mass is 398 g/mol. The predicted octanol–water partition coefficient (Wildman–Crippen LogP) is -3.01. The molecule has 0 aliphatic rings. The molecule has 0 unspecified atom stereocenters. The Morgan fingerprint density at radius 3 is 1.93 bits per heavy atom. The quantitative estimate of drug-likeness (QED) is 0.335. The van der Waals surface area contributed by atoms with E-state index in [-0.39, 0.29) is 32.2 Å². The Hall–Kier alpha value is -2.03. The van der Waals surface area contributed by atoms with Crippen LogP contribution in [0, 0.1) is 0 Å². The molecule has 0 radical (unpaired) electrons. The van der Waals surface area contributed by atoms with Gasteiger partial charge in [-0.05, 0) is 6.07 Å². The highest BCUT2D eigenvalue weighted by Crippen LogP contribution is 1.99. The number of nitrogens with zero attached hydrogens (tertiary/aromatic N) is 2. The maximum Gasteiger partial charge on any atom is 0.341 e. The first kappa shape index (κ1) is 25.0. The van der Waals surface area contributed by atoms with Crippen LogP contribution < -0.4 is 17.0 Å². The highest BCUT2D eigenvalue weighted by Gasteiger charge is 2.08. The number of aromatic nitrogens is 1. The highest BCUT2D eigenvalue weighted by atomic mass is 35.5. The molecule has 0 bridgehead atoms. The number of rotatable bonds is 9. The Morgan fingerprint density at radius 2 is 1.44 bits per heavy atom. The average Bonchev–Trinajstić information content (AvgIpc) is 2.64. The Morgan fingerprint density at radius 1 is 0.889 bits per heavy atom. The van der Waals surface area contributed by atoms with Crippen molar-refractivity contribution in [3.8, 4) is 0 Å². The minimum Gasteiger partial charge on any atom is -1.00 e. The fourth-order valence-corrected chi connectivity index (χ4v) is 2.30. The van der Waals surface area contributed by atoms with E-state index in [0.717, 1.165) is 5.56 Å². The van der Waals surface area contributed by atoms with Crippen LogP contribution in [0.2, 0.25) is 0 Å². The molecule has 1 aromatic heterocycles. The van der Waals surface area contributed by atoms with Crippen molar-refractivity contribution in [3.05, 3.63) is 66.0 Å². The SMILES string of the molecule is O=C(O)c1ccc[n+](Cc2ccccc2)c1.OCCN(CCO)CCO.[Cl-]. The van der Waals surface area contributed by atoms with Gasteiger partial charge in [0.05, 0.1) is 19.8 Å². The van der Waals surface area contributed by atoms with Gasteiger partial charge in [0, 0.05) is 31.3 Å². The smallest absolute Gasteiger partial charge is 0.341 e. The lowest BCUT2D eigenvalue weighted by atomic mass is 10.2. The second kappa shape index (κ2) is 15.1. The highest BCUT2D eigenvalue weighted by molar-refractivity contribution is 5.86. The largest absolute Gasteiger partial charge is 1.00 e. The van der Waals surface area contributed by atoms with Gasteiger partial charge in [-0.25, -0.2) is 4.79 Å². The predicted molar refractivity (Wildman–Crippen MR) is 96.8 cm³/mol. The fraction of sp³-hybridized carbons (Fsp3) is 0.368. The molecule has 1 heterocycles. The van der Waals surface area contributed by atoms with Gasteiger partial charge in [0.2, 0.25) is 0 Å². The topological polar surface area (TPSA) is 105 Å². The van der Waals surface area contributed by atoms with Crippen LogP contribution in [0.25, 0.3) is 0 Å². The van der Waals surface area contributed by atoms with Crippen LogP contribution in [0.4, 0.5) is 0 Å². The number of carbonyl (C=O) groups is 1. The van der Waals surface area contributed by atoms with Crippen molar-refractivity contribution in [2.75, 3.05) is 39.5 Å². The number of hydrogen-bond acceptors (Lipinski definition) is 5. The van der Waals surface area contributed by atoms with Crippen LogP contribution in [0.3, 0.4) is 0 Å². The second-order valence-electron chi connectivity index (χ2n) is 5.57. The van der Waals surface area contributed by atoms with Gasteiger partial charge in [0.25, 0.3) is 0 Å². The van der Waals surface area contributed by atoms with Gasteiger partial charge in [-0.3, -0.25) is 4.90 Å². The Bertz CT molecular complexity index is 629. The standard InChI is InChI=1S/C13H11NO2.C6H15NO3.ClH/c15-13(16)12-7-4-8-14(10-12)9-11-5-2-1-3-6-11;8-4-1-7(2-5-9)3-6-10;/h1-8,10H,9H2;8-10H,1-6H2;1H. The summed E-state index contributed by atoms with van der Waals surface area (Å²) in [5, 5.41) is 34.3. The van der Waals surface area contributed by atoms with Gasteiger partial charge in [-0.15, -0.1) is 0 Å². The molecule has 0 aliphatic carbocycles. The summed E-state index contributed by atoms with van der Waals surface area (Å²) in [6, 6.07) is 13.3. The summed E-state index contributed by atoms with van der Waals surface area (Å²) in [6.45, 7) is 2.44. The number of pyridine rings is 1. The van der Waals surface area contributed by atoms with Gasteiger partial charge >= 0.3 is 5.97 Å². The number of halogens is 1. The van der Waals surface area contributed by atoms with E-state index in [2.05, 4.69) is 0 Å². The summed E-state index contributed by atoms with van der Waals surface area (Å²) in [7, 11) is 0. The first-order valence-corrected chi connectivity index (χ1v) is 8.42. The molecule has 0 atom stereocenters. The number of hydrogen-bond donors (Lipinski definition) is 4. The van der Waals surface area contributed by atoms with Crippen molar-refractivity contribution < 1.29 is 42.2 Å². The van der Waals surface area contributed by atoms with E-state index in [1.54, 1.807) is 23.2 Å². The van der Waals surface area contributed by atoms with Gasteiger partial charge in [0.1, 0.15) is 5.56 Å². The zero-order valence-electron chi connectivity index (χ0n) is 15.1. The molecule has 0 aliphatic heterocycles. The van der Waals surface area contributed by atoms with Crippen molar-refractivity contribution in [3.63, 3.8) is 0 Å². The molecule has 0 spiro atoms. The third-order valence-corrected chi connectivity index (χ3v) is 3.56. The molecule has 0 saturated heterocycles. The van der Waals surface area contributed by atoms with Crippen LogP contribution in [0.1, 0.15) is 15.9 Å². The summed E-state index contributed by atoms with van der Waals surface area (Å²) in [6.07, 6.45) is 3.49. The summed E-state index contributed by atoms with van der Waals surface area (Å²) < 4.78 is 1.86. The Kier molecular flexibility index (Phi) is 13.9. The number of carboxylic acid groups (broad SMARTS) is 1. The average molecular weight is 399 g/mol. The normalized spacial score (nSPS) is 9.93. The maximum atomic E-state index is 10.8. The lowest BCUT2D eigenvalue weighted by Gasteiger charge is -2.17. The number of carboxylic acids is 1. The van der Waals surface area contributed by atoms with Gasteiger partial charge in [0.15, 0.2) is 18.9 Å². The summed E-state index contributed by atoms with van der Waals surface area (Å²) >= 11 is 0.